The van der Waals surface area contributed by atoms with E-state index in [1.807, 2.05) is 0 Å². The number of fused-ring (bicyclic) bond motifs is 2. The van der Waals surface area contributed by atoms with Crippen molar-refractivity contribution >= 4 is 28.5 Å². The van der Waals surface area contributed by atoms with Crippen LogP contribution in [0.15, 0.2) is 30.3 Å². The molecule has 1 aliphatic heterocycles. The second-order valence-corrected chi connectivity index (χ2v) is 8.34. The molecule has 4 rings (SSSR count). The first-order valence-electron chi connectivity index (χ1n) is 11.2. The highest BCUT2D eigenvalue weighted by molar-refractivity contribution is 6.06. The van der Waals surface area contributed by atoms with Crippen molar-refractivity contribution in [3.05, 3.63) is 70.4 Å². The molecule has 0 saturated heterocycles. The van der Waals surface area contributed by atoms with Crippen molar-refractivity contribution in [3.8, 4) is 0 Å². The van der Waals surface area contributed by atoms with Crippen LogP contribution in [0, 0.1) is 23.3 Å². The lowest BCUT2D eigenvalue weighted by atomic mass is 9.95. The normalized spacial score (nSPS) is 14.5. The number of hydrogen-bond acceptors (Lipinski definition) is 5. The Morgan fingerprint density at radius 1 is 1.14 bits per heavy atom. The molecule has 0 aliphatic carbocycles. The van der Waals surface area contributed by atoms with E-state index in [-0.39, 0.29) is 11.6 Å². The molecule has 0 radical (unpaired) electrons. The van der Waals surface area contributed by atoms with Crippen LogP contribution < -0.4 is 5.32 Å². The molecule has 3 aromatic rings. The number of esters is 1. The van der Waals surface area contributed by atoms with E-state index in [1.54, 1.807) is 29.6 Å². The van der Waals surface area contributed by atoms with Gasteiger partial charge in [0.2, 0.25) is 0 Å². The zero-order valence-corrected chi connectivity index (χ0v) is 19.1. The lowest BCUT2D eigenvalue weighted by molar-refractivity contribution is -0.123. The largest absolute Gasteiger partial charge is 0.449 e. The smallest absolute Gasteiger partial charge is 0.339 e. The summed E-state index contributed by atoms with van der Waals surface area (Å²) in [5, 5.41) is 2.32. The zero-order chi connectivity index (χ0) is 25.3. The van der Waals surface area contributed by atoms with E-state index in [4.69, 9.17) is 9.72 Å². The van der Waals surface area contributed by atoms with Crippen LogP contribution in [0.25, 0.3) is 10.9 Å². The highest BCUT2D eigenvalue weighted by Crippen LogP contribution is 2.30. The van der Waals surface area contributed by atoms with Crippen molar-refractivity contribution in [2.24, 2.45) is 0 Å². The summed E-state index contributed by atoms with van der Waals surface area (Å²) >= 11 is 0. The first kappa shape index (κ1) is 24.6. The molecule has 0 spiro atoms. The van der Waals surface area contributed by atoms with Gasteiger partial charge in [0, 0.05) is 42.2 Å². The number of carbonyl (C=O) groups is 2. The molecule has 1 aliphatic rings. The maximum Gasteiger partial charge on any atom is 0.339 e. The van der Waals surface area contributed by atoms with Crippen LogP contribution in [0.5, 0.6) is 0 Å². The van der Waals surface area contributed by atoms with E-state index in [1.165, 1.54) is 6.92 Å². The Labute approximate surface area is 198 Å². The van der Waals surface area contributed by atoms with Crippen molar-refractivity contribution in [1.82, 2.24) is 9.88 Å². The SMILES string of the molecule is CCCN1CCc2nc3ccccc3c(C(=O)OC(C)C(=O)Nc3c(F)c(F)cc(F)c3F)c2C1. The Bertz CT molecular complexity index is 1290. The van der Waals surface area contributed by atoms with Gasteiger partial charge in [0.25, 0.3) is 5.91 Å². The highest BCUT2D eigenvalue weighted by Gasteiger charge is 2.29. The number of rotatable bonds is 6. The summed E-state index contributed by atoms with van der Waals surface area (Å²) in [7, 11) is 0. The van der Waals surface area contributed by atoms with Crippen LogP contribution in [0.3, 0.4) is 0 Å². The predicted octanol–water partition coefficient (Wildman–Crippen LogP) is 4.74. The molecule has 2 aromatic carbocycles. The fraction of sp³-hybridized carbons (Fsp3) is 0.320. The quantitative estimate of drug-likeness (QED) is 0.308. The van der Waals surface area contributed by atoms with E-state index < -0.39 is 46.9 Å². The number of benzene rings is 2. The second kappa shape index (κ2) is 9.99. The van der Waals surface area contributed by atoms with E-state index in [9.17, 15) is 27.2 Å². The molecule has 0 bridgehead atoms. The Kier molecular flexibility index (Phi) is 7.02. The number of halogens is 4. The number of amides is 1. The minimum Gasteiger partial charge on any atom is -0.449 e. The van der Waals surface area contributed by atoms with Gasteiger partial charge in [0.1, 0.15) is 5.69 Å². The van der Waals surface area contributed by atoms with Crippen LogP contribution in [-0.4, -0.2) is 41.0 Å². The standard InChI is InChI=1S/C25H23F4N3O3/c1-3-9-32-10-8-19-15(12-32)20(14-6-4-5-7-18(14)30-19)25(34)35-13(2)24(33)31-23-21(28)16(26)11-17(27)22(23)29/h4-7,11,13H,3,8-10,12H2,1-2H3,(H,31,33). The van der Waals surface area contributed by atoms with Crippen molar-refractivity contribution in [2.45, 2.75) is 39.3 Å². The van der Waals surface area contributed by atoms with Gasteiger partial charge in [0.15, 0.2) is 29.4 Å². The Morgan fingerprint density at radius 2 is 1.83 bits per heavy atom. The summed E-state index contributed by atoms with van der Waals surface area (Å²) in [6.45, 7) is 5.35. The third-order valence-electron chi connectivity index (χ3n) is 5.88. The average molecular weight is 489 g/mol. The summed E-state index contributed by atoms with van der Waals surface area (Å²) in [6.07, 6.45) is 0.0481. The number of nitrogens with zero attached hydrogens (tertiary/aromatic N) is 2. The number of para-hydroxylation sites is 1. The summed E-state index contributed by atoms with van der Waals surface area (Å²) in [5.41, 5.74) is 1.03. The summed E-state index contributed by atoms with van der Waals surface area (Å²) in [6, 6.07) is 7.07. The van der Waals surface area contributed by atoms with Gasteiger partial charge in [-0.2, -0.15) is 0 Å². The van der Waals surface area contributed by atoms with E-state index in [0.29, 0.717) is 29.4 Å². The lowest BCUT2D eigenvalue weighted by Gasteiger charge is -2.29. The van der Waals surface area contributed by atoms with Gasteiger partial charge >= 0.3 is 5.97 Å². The number of ether oxygens (including phenoxy) is 1. The molecular weight excluding hydrogens is 466 g/mol. The van der Waals surface area contributed by atoms with Crippen LogP contribution in [0.4, 0.5) is 23.2 Å². The number of aromatic nitrogens is 1. The molecular formula is C25H23F4N3O3. The molecule has 0 saturated carbocycles. The first-order chi connectivity index (χ1) is 16.7. The van der Waals surface area contributed by atoms with Gasteiger partial charge in [-0.25, -0.2) is 22.4 Å². The van der Waals surface area contributed by atoms with Gasteiger partial charge < -0.3 is 10.1 Å². The van der Waals surface area contributed by atoms with E-state index >= 15 is 0 Å². The molecule has 184 valence electrons. The molecule has 1 unspecified atom stereocenters. The first-order valence-corrected chi connectivity index (χ1v) is 11.2. The predicted molar refractivity (Wildman–Crippen MR) is 121 cm³/mol. The molecule has 1 amide bonds. The molecule has 0 fully saturated rings. The highest BCUT2D eigenvalue weighted by atomic mass is 19.2. The molecule has 35 heavy (non-hydrogen) atoms. The summed E-state index contributed by atoms with van der Waals surface area (Å²) in [5.74, 6) is -8.83. The van der Waals surface area contributed by atoms with Crippen LogP contribution in [0.1, 0.15) is 41.9 Å². The number of anilines is 1. The second-order valence-electron chi connectivity index (χ2n) is 8.34. The third kappa shape index (κ3) is 4.84. The van der Waals surface area contributed by atoms with Crippen molar-refractivity contribution in [3.63, 3.8) is 0 Å². The minimum atomic E-state index is -1.76. The number of nitrogens with one attached hydrogen (secondary N) is 1. The van der Waals surface area contributed by atoms with Gasteiger partial charge in [-0.3, -0.25) is 14.7 Å². The molecule has 1 aromatic heterocycles. The van der Waals surface area contributed by atoms with Gasteiger partial charge in [-0.15, -0.1) is 0 Å². The van der Waals surface area contributed by atoms with Crippen LogP contribution in [0.2, 0.25) is 0 Å². The number of pyridine rings is 1. The molecule has 1 atom stereocenters. The van der Waals surface area contributed by atoms with Gasteiger partial charge in [-0.05, 0) is 26.0 Å². The third-order valence-corrected chi connectivity index (χ3v) is 5.88. The maximum absolute atomic E-state index is 13.9. The molecule has 10 heteroatoms. The minimum absolute atomic E-state index is 0.0311. The number of hydrogen-bond donors (Lipinski definition) is 1. The summed E-state index contributed by atoms with van der Waals surface area (Å²) < 4.78 is 60.2. The van der Waals surface area contributed by atoms with E-state index in [2.05, 4.69) is 11.8 Å². The lowest BCUT2D eigenvalue weighted by Crippen LogP contribution is -2.34. The molecule has 6 nitrogen and oxygen atoms in total. The Balaban J connectivity index is 1.63. The monoisotopic (exact) mass is 489 g/mol. The fourth-order valence-corrected chi connectivity index (χ4v) is 4.17. The topological polar surface area (TPSA) is 71.5 Å². The average Bonchev–Trinajstić information content (AvgIpc) is 2.83. The zero-order valence-electron chi connectivity index (χ0n) is 19.1. The van der Waals surface area contributed by atoms with Gasteiger partial charge in [-0.1, -0.05) is 25.1 Å². The molecule has 1 N–H and O–H groups in total. The fourth-order valence-electron chi connectivity index (χ4n) is 4.17. The van der Waals surface area contributed by atoms with Crippen LogP contribution in [-0.2, 0) is 22.5 Å². The number of carbonyl (C=O) groups excluding carboxylic acids is 2. The van der Waals surface area contributed by atoms with Crippen molar-refractivity contribution < 1.29 is 31.9 Å². The summed E-state index contributed by atoms with van der Waals surface area (Å²) in [4.78, 5) is 32.7. The van der Waals surface area contributed by atoms with E-state index in [0.717, 1.165) is 25.2 Å². The maximum atomic E-state index is 13.9. The van der Waals surface area contributed by atoms with Crippen LogP contribution >= 0.6 is 0 Å². The Morgan fingerprint density at radius 3 is 2.51 bits per heavy atom. The van der Waals surface area contributed by atoms with Gasteiger partial charge in [0.05, 0.1) is 11.1 Å². The molecule has 2 heterocycles. The van der Waals surface area contributed by atoms with Crippen molar-refractivity contribution in [1.29, 1.82) is 0 Å². The Hall–Kier alpha value is -3.53. The van der Waals surface area contributed by atoms with Crippen molar-refractivity contribution in [2.75, 3.05) is 18.4 Å².